The van der Waals surface area contributed by atoms with E-state index in [2.05, 4.69) is 10.3 Å². The molecule has 1 aromatic heterocycles. The van der Waals surface area contributed by atoms with E-state index in [0.29, 0.717) is 25.1 Å². The molecule has 2 aliphatic heterocycles. The molecule has 1 amide bonds. The zero-order valence-electron chi connectivity index (χ0n) is 17.5. The number of aromatic nitrogens is 2. The Morgan fingerprint density at radius 2 is 1.97 bits per heavy atom. The largest absolute Gasteiger partial charge is 0.491 e. The van der Waals surface area contributed by atoms with Crippen molar-refractivity contribution in [3.05, 3.63) is 36.8 Å². The molecule has 5 rings (SSSR count). The van der Waals surface area contributed by atoms with Gasteiger partial charge in [-0.15, -0.1) is 0 Å². The van der Waals surface area contributed by atoms with Gasteiger partial charge in [0.05, 0.1) is 18.3 Å². The number of piperidine rings is 2. The number of sulfonamides is 1. The maximum atomic E-state index is 13.1. The first-order chi connectivity index (χ1) is 14.2. The Labute approximate surface area is 177 Å². The minimum absolute atomic E-state index is 0.0393. The molecule has 8 nitrogen and oxygen atoms in total. The van der Waals surface area contributed by atoms with Crippen LogP contribution in [0.1, 0.15) is 33.1 Å². The summed E-state index contributed by atoms with van der Waals surface area (Å²) in [5.41, 5.74) is 0.677. The zero-order valence-corrected chi connectivity index (χ0v) is 18.3. The minimum Gasteiger partial charge on any atom is -0.491 e. The fraction of sp³-hybridized carbons (Fsp3) is 0.524. The Morgan fingerprint density at radius 1 is 1.23 bits per heavy atom. The van der Waals surface area contributed by atoms with Gasteiger partial charge in [-0.25, -0.2) is 13.4 Å². The first-order valence-electron chi connectivity index (χ1n) is 10.3. The molecule has 9 heteroatoms. The van der Waals surface area contributed by atoms with Crippen molar-refractivity contribution in [3.8, 4) is 5.75 Å². The standard InChI is InChI=1S/C21H28N4O4S/c1-14(2)29-17-7-5-16(6-8-17)23-21(26)18-10-15-4-9-19(18)25(11-15)30(27,28)20-12-24(3)13-22-20/h5-8,12-15,18-19H,4,9-11H2,1-3H3,(H,23,26)/t15-,18+,19-/m1/s1. The molecule has 0 unspecified atom stereocenters. The van der Waals surface area contributed by atoms with E-state index in [-0.39, 0.29) is 34.9 Å². The van der Waals surface area contributed by atoms with Crippen molar-refractivity contribution in [2.45, 2.75) is 50.3 Å². The molecule has 3 aliphatic rings. The number of carbonyl (C=O) groups is 1. The summed E-state index contributed by atoms with van der Waals surface area (Å²) in [6, 6.07) is 6.91. The molecule has 3 fully saturated rings. The average molecular weight is 433 g/mol. The number of ether oxygens (including phenoxy) is 1. The molecule has 162 valence electrons. The van der Waals surface area contributed by atoms with E-state index in [1.165, 1.54) is 16.8 Å². The van der Waals surface area contributed by atoms with Gasteiger partial charge in [-0.3, -0.25) is 4.79 Å². The van der Waals surface area contributed by atoms with Crippen LogP contribution in [0, 0.1) is 11.8 Å². The molecule has 2 bridgehead atoms. The molecule has 3 atom stereocenters. The first kappa shape index (κ1) is 20.9. The molecule has 30 heavy (non-hydrogen) atoms. The fourth-order valence-corrected chi connectivity index (χ4v) is 6.20. The van der Waals surface area contributed by atoms with Gasteiger partial charge in [0.25, 0.3) is 10.0 Å². The third-order valence-corrected chi connectivity index (χ3v) is 7.59. The van der Waals surface area contributed by atoms with E-state index < -0.39 is 10.0 Å². The predicted molar refractivity (Wildman–Crippen MR) is 113 cm³/mol. The number of rotatable bonds is 6. The Kier molecular flexibility index (Phi) is 5.59. The molecule has 1 saturated carbocycles. The van der Waals surface area contributed by atoms with Crippen LogP contribution < -0.4 is 10.1 Å². The Balaban J connectivity index is 1.50. The van der Waals surface area contributed by atoms with Crippen LogP contribution in [0.15, 0.2) is 41.8 Å². The molecule has 1 aromatic carbocycles. The number of nitrogens with zero attached hydrogens (tertiary/aromatic N) is 3. The molecular weight excluding hydrogens is 404 g/mol. The quantitative estimate of drug-likeness (QED) is 0.757. The van der Waals surface area contributed by atoms with Crippen molar-refractivity contribution in [1.29, 1.82) is 0 Å². The van der Waals surface area contributed by atoms with Gasteiger partial charge in [-0.05, 0) is 63.3 Å². The monoisotopic (exact) mass is 432 g/mol. The molecule has 3 heterocycles. The number of nitrogens with one attached hydrogen (secondary N) is 1. The van der Waals surface area contributed by atoms with E-state index in [9.17, 15) is 13.2 Å². The summed E-state index contributed by atoms with van der Waals surface area (Å²) in [4.78, 5) is 17.1. The van der Waals surface area contributed by atoms with Crippen molar-refractivity contribution >= 4 is 21.6 Å². The number of benzene rings is 1. The second-order valence-electron chi connectivity index (χ2n) is 8.49. The summed E-state index contributed by atoms with van der Waals surface area (Å²) < 4.78 is 35.0. The van der Waals surface area contributed by atoms with Gasteiger partial charge in [0.15, 0.2) is 5.03 Å². The lowest BCUT2D eigenvalue weighted by Crippen LogP contribution is -2.57. The molecule has 2 aromatic rings. The van der Waals surface area contributed by atoms with Crippen LogP contribution in [0.4, 0.5) is 5.69 Å². The molecule has 2 saturated heterocycles. The van der Waals surface area contributed by atoms with Crippen LogP contribution >= 0.6 is 0 Å². The summed E-state index contributed by atoms with van der Waals surface area (Å²) in [7, 11) is -1.99. The SMILES string of the molecule is CC(C)Oc1ccc(NC(=O)[C@H]2C[C@H]3CC[C@H]2N(S(=O)(=O)c2cn(C)cn2)C3)cc1. The second-order valence-corrected chi connectivity index (χ2v) is 10.3. The van der Waals surface area contributed by atoms with Gasteiger partial charge in [0, 0.05) is 31.5 Å². The first-order valence-corrected chi connectivity index (χ1v) is 11.8. The normalized spacial score (nSPS) is 24.2. The molecular formula is C21H28N4O4S. The van der Waals surface area contributed by atoms with Gasteiger partial charge >= 0.3 is 0 Å². The molecule has 1 aliphatic carbocycles. The third-order valence-electron chi connectivity index (χ3n) is 5.82. The smallest absolute Gasteiger partial charge is 0.262 e. The van der Waals surface area contributed by atoms with Crippen LogP contribution in [0.5, 0.6) is 5.75 Å². The summed E-state index contributed by atoms with van der Waals surface area (Å²) in [6.45, 7) is 4.37. The van der Waals surface area contributed by atoms with Crippen LogP contribution in [0.3, 0.4) is 0 Å². The third kappa shape index (κ3) is 4.09. The predicted octanol–water partition coefficient (Wildman–Crippen LogP) is 2.64. The van der Waals surface area contributed by atoms with E-state index in [1.54, 1.807) is 23.7 Å². The van der Waals surface area contributed by atoms with E-state index in [4.69, 9.17) is 4.74 Å². The fourth-order valence-electron chi connectivity index (χ4n) is 4.47. The van der Waals surface area contributed by atoms with Crippen LogP contribution in [0.2, 0.25) is 0 Å². The van der Waals surface area contributed by atoms with Crippen LogP contribution in [-0.4, -0.2) is 46.9 Å². The average Bonchev–Trinajstić information content (AvgIpc) is 3.16. The number of aryl methyl sites for hydroxylation is 1. The lowest BCUT2D eigenvalue weighted by Gasteiger charge is -2.47. The number of hydrogen-bond donors (Lipinski definition) is 1. The van der Waals surface area contributed by atoms with Crippen molar-refractivity contribution in [2.24, 2.45) is 18.9 Å². The van der Waals surface area contributed by atoms with Crippen molar-refractivity contribution in [3.63, 3.8) is 0 Å². The van der Waals surface area contributed by atoms with E-state index in [1.807, 2.05) is 26.0 Å². The highest BCUT2D eigenvalue weighted by Gasteiger charge is 2.49. The van der Waals surface area contributed by atoms with Crippen molar-refractivity contribution in [1.82, 2.24) is 13.9 Å². The summed E-state index contributed by atoms with van der Waals surface area (Å²) in [5, 5.41) is 3.00. The number of imidazole rings is 1. The van der Waals surface area contributed by atoms with Crippen LogP contribution in [-0.2, 0) is 21.9 Å². The Bertz CT molecular complexity index is 1020. The van der Waals surface area contributed by atoms with Gasteiger partial charge in [-0.1, -0.05) is 0 Å². The highest BCUT2D eigenvalue weighted by atomic mass is 32.2. The Morgan fingerprint density at radius 3 is 2.57 bits per heavy atom. The van der Waals surface area contributed by atoms with E-state index >= 15 is 0 Å². The summed E-state index contributed by atoms with van der Waals surface area (Å²) >= 11 is 0. The molecule has 1 N–H and O–H groups in total. The van der Waals surface area contributed by atoms with E-state index in [0.717, 1.165) is 12.2 Å². The summed E-state index contributed by atoms with van der Waals surface area (Å²) in [6.07, 6.45) is 5.41. The number of anilines is 1. The molecule has 0 radical (unpaired) electrons. The van der Waals surface area contributed by atoms with Gasteiger partial charge in [-0.2, -0.15) is 4.31 Å². The van der Waals surface area contributed by atoms with Gasteiger partial charge < -0.3 is 14.6 Å². The maximum absolute atomic E-state index is 13.1. The number of amides is 1. The van der Waals surface area contributed by atoms with Crippen molar-refractivity contribution in [2.75, 3.05) is 11.9 Å². The molecule has 0 spiro atoms. The van der Waals surface area contributed by atoms with Gasteiger partial charge in [0.1, 0.15) is 5.75 Å². The highest BCUT2D eigenvalue weighted by Crippen LogP contribution is 2.42. The number of carbonyl (C=O) groups excluding carboxylic acids is 1. The minimum atomic E-state index is -3.72. The highest BCUT2D eigenvalue weighted by molar-refractivity contribution is 7.89. The number of fused-ring (bicyclic) bond motifs is 3. The maximum Gasteiger partial charge on any atom is 0.262 e. The lowest BCUT2D eigenvalue weighted by molar-refractivity contribution is -0.125. The second kappa shape index (κ2) is 8.03. The van der Waals surface area contributed by atoms with Gasteiger partial charge in [0.2, 0.25) is 5.91 Å². The Hall–Kier alpha value is -2.39. The lowest BCUT2D eigenvalue weighted by atomic mass is 9.73. The van der Waals surface area contributed by atoms with Crippen molar-refractivity contribution < 1.29 is 17.9 Å². The zero-order chi connectivity index (χ0) is 21.5. The van der Waals surface area contributed by atoms with Crippen LogP contribution in [0.25, 0.3) is 0 Å². The topological polar surface area (TPSA) is 93.5 Å². The summed E-state index contributed by atoms with van der Waals surface area (Å²) in [5.74, 6) is 0.420. The number of hydrogen-bond acceptors (Lipinski definition) is 5.